The Bertz CT molecular complexity index is 699. The van der Waals surface area contributed by atoms with Crippen molar-refractivity contribution in [2.75, 3.05) is 13.2 Å². The molecule has 0 saturated heterocycles. The van der Waals surface area contributed by atoms with Gasteiger partial charge in [0.05, 0.1) is 0 Å². The van der Waals surface area contributed by atoms with Crippen molar-refractivity contribution in [3.05, 3.63) is 65.2 Å². The summed E-state index contributed by atoms with van der Waals surface area (Å²) in [6, 6.07) is 15.3. The summed E-state index contributed by atoms with van der Waals surface area (Å²) in [5.41, 5.74) is 9.32. The summed E-state index contributed by atoms with van der Waals surface area (Å²) >= 11 is 0. The fourth-order valence-electron chi connectivity index (χ4n) is 2.99. The Balaban J connectivity index is 1.88. The standard InChI is InChI=1S/C23H31NO3/c1-16(2)19-11-8-12-20(17(3)4)22(19)26-13-14-27-23(25)21(24)15-18-9-6-5-7-10-18/h5-12,16-17,21H,13-15,24H2,1-4H3/t21-/m0/s1. The van der Waals surface area contributed by atoms with E-state index in [-0.39, 0.29) is 6.61 Å². The van der Waals surface area contributed by atoms with Crippen LogP contribution in [0.5, 0.6) is 5.75 Å². The molecule has 4 heteroatoms. The third-order valence-electron chi connectivity index (χ3n) is 4.50. The SMILES string of the molecule is CC(C)c1cccc(C(C)C)c1OCCOC(=O)[C@@H](N)Cc1ccccc1. The van der Waals surface area contributed by atoms with Crippen LogP contribution in [-0.2, 0) is 16.0 Å². The lowest BCUT2D eigenvalue weighted by atomic mass is 9.94. The van der Waals surface area contributed by atoms with Gasteiger partial charge in [0, 0.05) is 0 Å². The highest BCUT2D eigenvalue weighted by Crippen LogP contribution is 2.34. The Morgan fingerprint density at radius 2 is 1.48 bits per heavy atom. The predicted molar refractivity (Wildman–Crippen MR) is 109 cm³/mol. The van der Waals surface area contributed by atoms with Crippen molar-refractivity contribution >= 4 is 5.97 Å². The molecule has 0 aliphatic carbocycles. The van der Waals surface area contributed by atoms with Gasteiger partial charge in [0.15, 0.2) is 0 Å². The molecule has 1 atom stereocenters. The minimum absolute atomic E-state index is 0.186. The predicted octanol–water partition coefficient (Wildman–Crippen LogP) is 4.43. The molecule has 0 spiro atoms. The van der Waals surface area contributed by atoms with E-state index >= 15 is 0 Å². The first kappa shape index (κ1) is 21.0. The first-order chi connectivity index (χ1) is 12.9. The van der Waals surface area contributed by atoms with Crippen molar-refractivity contribution in [3.8, 4) is 5.75 Å². The molecule has 0 heterocycles. The van der Waals surface area contributed by atoms with Crippen LogP contribution in [0.1, 0.15) is 56.2 Å². The summed E-state index contributed by atoms with van der Waals surface area (Å²) in [5.74, 6) is 1.23. The Hall–Kier alpha value is -2.33. The topological polar surface area (TPSA) is 61.5 Å². The average molecular weight is 370 g/mol. The molecule has 27 heavy (non-hydrogen) atoms. The van der Waals surface area contributed by atoms with Crippen molar-refractivity contribution < 1.29 is 14.3 Å². The van der Waals surface area contributed by atoms with E-state index in [0.717, 1.165) is 11.3 Å². The molecule has 0 fully saturated rings. The molecule has 0 aliphatic rings. The molecule has 0 amide bonds. The van der Waals surface area contributed by atoms with Crippen LogP contribution in [0.25, 0.3) is 0 Å². The van der Waals surface area contributed by atoms with Gasteiger partial charge in [-0.05, 0) is 34.9 Å². The maximum Gasteiger partial charge on any atom is 0.323 e. The zero-order chi connectivity index (χ0) is 19.8. The first-order valence-electron chi connectivity index (χ1n) is 9.61. The zero-order valence-corrected chi connectivity index (χ0v) is 16.8. The highest BCUT2D eigenvalue weighted by molar-refractivity contribution is 5.75. The molecule has 0 aromatic heterocycles. The molecule has 146 valence electrons. The molecule has 0 saturated carbocycles. The molecule has 0 radical (unpaired) electrons. The summed E-state index contributed by atoms with van der Waals surface area (Å²) in [4.78, 5) is 12.1. The van der Waals surface area contributed by atoms with Crippen LogP contribution < -0.4 is 10.5 Å². The number of nitrogens with two attached hydrogens (primary N) is 1. The van der Waals surface area contributed by atoms with Gasteiger partial charge in [-0.1, -0.05) is 76.2 Å². The van der Waals surface area contributed by atoms with Crippen LogP contribution in [0.3, 0.4) is 0 Å². The highest BCUT2D eigenvalue weighted by Gasteiger charge is 2.17. The number of rotatable bonds is 9. The molecule has 2 aromatic rings. The van der Waals surface area contributed by atoms with Crippen LogP contribution in [0, 0.1) is 0 Å². The van der Waals surface area contributed by atoms with Gasteiger partial charge in [-0.2, -0.15) is 0 Å². The molecular weight excluding hydrogens is 338 g/mol. The second-order valence-electron chi connectivity index (χ2n) is 7.39. The zero-order valence-electron chi connectivity index (χ0n) is 16.8. The fourth-order valence-corrected chi connectivity index (χ4v) is 2.99. The van der Waals surface area contributed by atoms with Crippen molar-refractivity contribution in [2.24, 2.45) is 5.73 Å². The Morgan fingerprint density at radius 1 is 0.889 bits per heavy atom. The van der Waals surface area contributed by atoms with Crippen molar-refractivity contribution in [2.45, 2.75) is 52.0 Å². The maximum absolute atomic E-state index is 12.1. The van der Waals surface area contributed by atoms with Crippen LogP contribution in [0.4, 0.5) is 0 Å². The normalized spacial score (nSPS) is 12.3. The first-order valence-corrected chi connectivity index (χ1v) is 9.61. The number of ether oxygens (including phenoxy) is 2. The van der Waals surface area contributed by atoms with Gasteiger partial charge >= 0.3 is 5.97 Å². The third-order valence-corrected chi connectivity index (χ3v) is 4.50. The number of carbonyl (C=O) groups excluding carboxylic acids is 1. The molecule has 2 aromatic carbocycles. The van der Waals surface area contributed by atoms with E-state index in [2.05, 4.69) is 45.9 Å². The lowest BCUT2D eigenvalue weighted by Crippen LogP contribution is -2.35. The van der Waals surface area contributed by atoms with Gasteiger partial charge < -0.3 is 15.2 Å². The van der Waals surface area contributed by atoms with Gasteiger partial charge in [0.25, 0.3) is 0 Å². The minimum atomic E-state index is -0.665. The Labute approximate surface area is 162 Å². The lowest BCUT2D eigenvalue weighted by Gasteiger charge is -2.20. The van der Waals surface area contributed by atoms with Crippen molar-refractivity contribution in [3.63, 3.8) is 0 Å². The summed E-state index contributed by atoms with van der Waals surface area (Å²) in [7, 11) is 0. The second-order valence-corrected chi connectivity index (χ2v) is 7.39. The molecule has 0 unspecified atom stereocenters. The van der Waals surface area contributed by atoms with Crippen molar-refractivity contribution in [1.82, 2.24) is 0 Å². The third kappa shape index (κ3) is 6.10. The van der Waals surface area contributed by atoms with E-state index in [9.17, 15) is 4.79 Å². The number of esters is 1. The van der Waals surface area contributed by atoms with Gasteiger partial charge in [-0.15, -0.1) is 0 Å². The van der Waals surface area contributed by atoms with E-state index in [1.54, 1.807) is 0 Å². The molecule has 2 N–H and O–H groups in total. The summed E-state index contributed by atoms with van der Waals surface area (Å²) in [6.07, 6.45) is 0.466. The van der Waals surface area contributed by atoms with Gasteiger partial charge in [-0.25, -0.2) is 0 Å². The number of carbonyl (C=O) groups is 1. The fraction of sp³-hybridized carbons (Fsp3) is 0.435. The summed E-state index contributed by atoms with van der Waals surface area (Å²) in [6.45, 7) is 9.09. The molecule has 0 aliphatic heterocycles. The molecule has 4 nitrogen and oxygen atoms in total. The van der Waals surface area contributed by atoms with E-state index in [1.165, 1.54) is 11.1 Å². The van der Waals surface area contributed by atoms with Crippen molar-refractivity contribution in [1.29, 1.82) is 0 Å². The van der Waals surface area contributed by atoms with E-state index < -0.39 is 12.0 Å². The molecule has 0 bridgehead atoms. The number of hydrogen-bond donors (Lipinski definition) is 1. The van der Waals surface area contributed by atoms with Crippen LogP contribution in [-0.4, -0.2) is 25.2 Å². The Morgan fingerprint density at radius 3 is 2.04 bits per heavy atom. The second kappa shape index (κ2) is 10.1. The van der Waals surface area contributed by atoms with Gasteiger partial charge in [0.2, 0.25) is 0 Å². The highest BCUT2D eigenvalue weighted by atomic mass is 16.6. The number of benzene rings is 2. The lowest BCUT2D eigenvalue weighted by molar-refractivity contribution is -0.145. The summed E-state index contributed by atoms with van der Waals surface area (Å²) in [5, 5.41) is 0. The number of hydrogen-bond acceptors (Lipinski definition) is 4. The smallest absolute Gasteiger partial charge is 0.323 e. The van der Waals surface area contributed by atoms with Crippen LogP contribution >= 0.6 is 0 Å². The largest absolute Gasteiger partial charge is 0.489 e. The molecular formula is C23H31NO3. The van der Waals surface area contributed by atoms with Crippen LogP contribution in [0.15, 0.2) is 48.5 Å². The van der Waals surface area contributed by atoms with Crippen LogP contribution in [0.2, 0.25) is 0 Å². The summed E-state index contributed by atoms with van der Waals surface area (Å²) < 4.78 is 11.3. The minimum Gasteiger partial charge on any atom is -0.489 e. The van der Waals surface area contributed by atoms with Gasteiger partial charge in [-0.3, -0.25) is 4.79 Å². The maximum atomic E-state index is 12.1. The monoisotopic (exact) mass is 369 g/mol. The average Bonchev–Trinajstić information content (AvgIpc) is 2.65. The Kier molecular flexibility index (Phi) is 7.86. The number of para-hydroxylation sites is 1. The molecule has 2 rings (SSSR count). The van der Waals surface area contributed by atoms with E-state index in [4.69, 9.17) is 15.2 Å². The van der Waals surface area contributed by atoms with E-state index in [1.807, 2.05) is 30.3 Å². The quantitative estimate of drug-likeness (QED) is 0.525. The van der Waals surface area contributed by atoms with Gasteiger partial charge in [0.1, 0.15) is 25.0 Å². The van der Waals surface area contributed by atoms with E-state index in [0.29, 0.717) is 24.9 Å².